The molecule has 0 bridgehead atoms. The molecule has 0 rings (SSSR count). The molecule has 0 fully saturated rings. The van der Waals surface area contributed by atoms with Gasteiger partial charge in [0.05, 0.1) is 0 Å². The van der Waals surface area contributed by atoms with Crippen LogP contribution in [0.1, 0.15) is 6.92 Å². The minimum Gasteiger partial charge on any atom is -0.370 e. The van der Waals surface area contributed by atoms with Gasteiger partial charge < -0.3 is 15.8 Å². The number of nitrogens with one attached hydrogen (secondary N) is 2. The fraction of sp³-hybridized carbons (Fsp3) is 0.667. The average molecular weight is 220 g/mol. The first-order chi connectivity index (χ1) is 6.81. The fourth-order valence-electron chi connectivity index (χ4n) is 0.563. The third-order valence-corrected chi connectivity index (χ3v) is 0.978. The lowest BCUT2D eigenvalue weighted by molar-refractivity contribution is -0.742. The number of guanidine groups is 2. The zero-order valence-electron chi connectivity index (χ0n) is 8.89. The summed E-state index contributed by atoms with van der Waals surface area (Å²) in [7, 11) is 3.68. The van der Waals surface area contributed by atoms with Crippen LogP contribution in [-0.4, -0.2) is 47.8 Å². The molecule has 0 aromatic heterocycles. The Labute approximate surface area is 87.2 Å². The molecule has 0 aliphatic carbocycles. The minimum atomic E-state index is -1.50. The third-order valence-electron chi connectivity index (χ3n) is 0.978. The molecule has 15 heavy (non-hydrogen) atoms. The van der Waals surface area contributed by atoms with Gasteiger partial charge >= 0.3 is 0 Å². The summed E-state index contributed by atoms with van der Waals surface area (Å²) < 4.78 is 0. The maximum absolute atomic E-state index is 8.36. The molecule has 88 valence electrons. The van der Waals surface area contributed by atoms with E-state index in [1.54, 1.807) is 4.90 Å². The van der Waals surface area contributed by atoms with Crippen LogP contribution in [0.4, 0.5) is 0 Å². The Kier molecular flexibility index (Phi) is 8.77. The first-order valence-electron chi connectivity index (χ1n) is 3.97. The van der Waals surface area contributed by atoms with Gasteiger partial charge in [0, 0.05) is 20.6 Å². The monoisotopic (exact) mass is 220 g/mol. The molecule has 9 nitrogen and oxygen atoms in total. The highest BCUT2D eigenvalue weighted by molar-refractivity contribution is 5.96. The number of rotatable bonds is 1. The van der Waals surface area contributed by atoms with Crippen molar-refractivity contribution >= 4 is 11.9 Å². The summed E-state index contributed by atoms with van der Waals surface area (Å²) in [5.41, 5.74) is 5.13. The molecule has 0 heterocycles. The van der Waals surface area contributed by atoms with E-state index in [1.807, 2.05) is 21.0 Å². The van der Waals surface area contributed by atoms with Crippen LogP contribution in [0.25, 0.3) is 0 Å². The highest BCUT2D eigenvalue weighted by atomic mass is 16.9. The van der Waals surface area contributed by atoms with E-state index in [2.05, 4.69) is 10.3 Å². The Morgan fingerprint density at radius 3 is 2.33 bits per heavy atom. The summed E-state index contributed by atoms with van der Waals surface area (Å²) in [5, 5.41) is 23.2. The molecule has 0 saturated carbocycles. The zero-order valence-corrected chi connectivity index (χ0v) is 8.89. The van der Waals surface area contributed by atoms with Gasteiger partial charge in [-0.05, 0) is 6.92 Å². The maximum atomic E-state index is 8.36. The first-order valence-corrected chi connectivity index (χ1v) is 3.97. The molecule has 0 atom stereocenters. The van der Waals surface area contributed by atoms with Crippen molar-refractivity contribution in [2.24, 2.45) is 10.7 Å². The summed E-state index contributed by atoms with van der Waals surface area (Å²) in [6.07, 6.45) is 0. The van der Waals surface area contributed by atoms with Gasteiger partial charge in [0.25, 0.3) is 5.09 Å². The quantitative estimate of drug-likeness (QED) is 0.194. The van der Waals surface area contributed by atoms with E-state index in [0.717, 1.165) is 0 Å². The summed E-state index contributed by atoms with van der Waals surface area (Å²) in [6.45, 7) is 2.60. The predicted molar refractivity (Wildman–Crippen MR) is 55.5 cm³/mol. The molecular formula is C6H16N6O3. The lowest BCUT2D eigenvalue weighted by Gasteiger charge is -2.15. The van der Waals surface area contributed by atoms with Crippen LogP contribution in [0.5, 0.6) is 0 Å². The number of aliphatic imine (C=N–C) groups is 1. The van der Waals surface area contributed by atoms with Crippen molar-refractivity contribution in [1.82, 2.24) is 10.2 Å². The molecule has 9 heteroatoms. The summed E-state index contributed by atoms with van der Waals surface area (Å²) in [6, 6.07) is 0. The average Bonchev–Trinajstić information content (AvgIpc) is 2.01. The summed E-state index contributed by atoms with van der Waals surface area (Å²) in [5.74, 6) is 0.519. The van der Waals surface area contributed by atoms with E-state index in [9.17, 15) is 0 Å². The van der Waals surface area contributed by atoms with Gasteiger partial charge in [0.15, 0.2) is 11.9 Å². The van der Waals surface area contributed by atoms with Crippen molar-refractivity contribution in [3.8, 4) is 0 Å². The Hall–Kier alpha value is -2.06. The SMILES string of the molecule is CC/N=C(\NC(=N)N)N(C)C.O=[N+]([O-])O. The van der Waals surface area contributed by atoms with Gasteiger partial charge in [0.1, 0.15) is 0 Å². The van der Waals surface area contributed by atoms with Gasteiger partial charge in [-0.25, -0.2) is 0 Å². The maximum Gasteiger partial charge on any atom is 0.291 e. The van der Waals surface area contributed by atoms with Crippen molar-refractivity contribution in [3.63, 3.8) is 0 Å². The summed E-state index contributed by atoms with van der Waals surface area (Å²) in [4.78, 5) is 14.2. The smallest absolute Gasteiger partial charge is 0.291 e. The largest absolute Gasteiger partial charge is 0.370 e. The van der Waals surface area contributed by atoms with Gasteiger partial charge in [0.2, 0.25) is 0 Å². The van der Waals surface area contributed by atoms with Crippen LogP contribution in [0, 0.1) is 15.5 Å². The molecule has 0 aliphatic heterocycles. The Balaban J connectivity index is 0. The fourth-order valence-corrected chi connectivity index (χ4v) is 0.563. The van der Waals surface area contributed by atoms with Gasteiger partial charge in [-0.2, -0.15) is 0 Å². The van der Waals surface area contributed by atoms with Crippen LogP contribution in [-0.2, 0) is 0 Å². The lowest BCUT2D eigenvalue weighted by atomic mass is 10.7. The molecule has 5 N–H and O–H groups in total. The van der Waals surface area contributed by atoms with E-state index >= 15 is 0 Å². The zero-order chi connectivity index (χ0) is 12.4. The van der Waals surface area contributed by atoms with E-state index in [0.29, 0.717) is 12.5 Å². The number of hydrogen-bond donors (Lipinski definition) is 4. The topological polar surface area (TPSA) is 141 Å². The number of nitrogens with zero attached hydrogens (tertiary/aromatic N) is 3. The van der Waals surface area contributed by atoms with Crippen molar-refractivity contribution < 1.29 is 10.3 Å². The van der Waals surface area contributed by atoms with Gasteiger partial charge in [-0.15, -0.1) is 10.1 Å². The molecule has 0 amide bonds. The van der Waals surface area contributed by atoms with Crippen molar-refractivity contribution in [2.45, 2.75) is 6.92 Å². The van der Waals surface area contributed by atoms with Crippen molar-refractivity contribution in [3.05, 3.63) is 10.1 Å². The van der Waals surface area contributed by atoms with E-state index in [4.69, 9.17) is 26.5 Å². The molecule has 0 aromatic rings. The van der Waals surface area contributed by atoms with Crippen LogP contribution < -0.4 is 11.1 Å². The normalized spacial score (nSPS) is 9.67. The highest BCUT2D eigenvalue weighted by Crippen LogP contribution is 1.79. The van der Waals surface area contributed by atoms with Crippen LogP contribution in [0.15, 0.2) is 4.99 Å². The second kappa shape index (κ2) is 8.53. The minimum absolute atomic E-state index is 0.0918. The Bertz CT molecular complexity index is 235. The summed E-state index contributed by atoms with van der Waals surface area (Å²) >= 11 is 0. The number of hydrogen-bond acceptors (Lipinski definition) is 4. The predicted octanol–water partition coefficient (Wildman–Crippen LogP) is -0.941. The molecule has 0 aromatic carbocycles. The molecule has 0 spiro atoms. The Morgan fingerprint density at radius 1 is 1.73 bits per heavy atom. The van der Waals surface area contributed by atoms with E-state index < -0.39 is 5.09 Å². The molecule has 0 aliphatic rings. The molecular weight excluding hydrogens is 204 g/mol. The van der Waals surface area contributed by atoms with Crippen molar-refractivity contribution in [1.29, 1.82) is 5.41 Å². The van der Waals surface area contributed by atoms with Crippen LogP contribution in [0.2, 0.25) is 0 Å². The first kappa shape index (κ1) is 15.4. The van der Waals surface area contributed by atoms with Crippen LogP contribution in [0.3, 0.4) is 0 Å². The molecule has 0 saturated heterocycles. The second-order valence-electron chi connectivity index (χ2n) is 2.47. The number of nitrogens with two attached hydrogens (primary N) is 1. The highest BCUT2D eigenvalue weighted by Gasteiger charge is 1.99. The molecule has 0 radical (unpaired) electrons. The second-order valence-corrected chi connectivity index (χ2v) is 2.47. The molecule has 0 unspecified atom stereocenters. The Morgan fingerprint density at radius 2 is 2.13 bits per heavy atom. The van der Waals surface area contributed by atoms with E-state index in [1.165, 1.54) is 0 Å². The third kappa shape index (κ3) is 14.8. The van der Waals surface area contributed by atoms with Crippen LogP contribution >= 0.6 is 0 Å². The van der Waals surface area contributed by atoms with Gasteiger partial charge in [-0.3, -0.25) is 15.7 Å². The standard InChI is InChI=1S/C6H15N5.HNO3/c1-4-9-6(11(2)3)10-5(7)8;2-1(3)4/h4H2,1-3H3,(H4,7,8,9,10);(H,2,3,4). The van der Waals surface area contributed by atoms with Crippen molar-refractivity contribution in [2.75, 3.05) is 20.6 Å². The van der Waals surface area contributed by atoms with E-state index in [-0.39, 0.29) is 5.96 Å². The van der Waals surface area contributed by atoms with Gasteiger partial charge in [-0.1, -0.05) is 0 Å². The lowest BCUT2D eigenvalue weighted by Crippen LogP contribution is -2.43.